The van der Waals surface area contributed by atoms with E-state index in [0.717, 1.165) is 38.1 Å². The summed E-state index contributed by atoms with van der Waals surface area (Å²) in [6, 6.07) is 8.46. The second-order valence-electron chi connectivity index (χ2n) is 6.45. The number of halogens is 2. The van der Waals surface area contributed by atoms with Crippen molar-refractivity contribution in [3.63, 3.8) is 0 Å². The van der Waals surface area contributed by atoms with Gasteiger partial charge in [0.25, 0.3) is 0 Å². The lowest BCUT2D eigenvalue weighted by molar-refractivity contribution is 0.0941. The van der Waals surface area contributed by atoms with Crippen LogP contribution in [-0.2, 0) is 0 Å². The third kappa shape index (κ3) is 4.64. The predicted octanol–water partition coefficient (Wildman–Crippen LogP) is 4.06. The van der Waals surface area contributed by atoms with E-state index < -0.39 is 0 Å². The Morgan fingerprint density at radius 3 is 2.44 bits per heavy atom. The first-order valence-electron chi connectivity index (χ1n) is 8.28. The molecule has 0 radical (unpaired) electrons. The average molecular weight is 384 g/mol. The molecule has 1 aromatic carbocycles. The summed E-state index contributed by atoms with van der Waals surface area (Å²) in [5, 5.41) is 4.59. The molecule has 4 nitrogen and oxygen atoms in total. The normalized spacial score (nSPS) is 15.9. The van der Waals surface area contributed by atoms with E-state index in [1.165, 1.54) is 16.5 Å². The summed E-state index contributed by atoms with van der Waals surface area (Å²) in [5.74, 6) is 0.0573. The summed E-state index contributed by atoms with van der Waals surface area (Å²) in [6.07, 6.45) is 2.95. The van der Waals surface area contributed by atoms with Crippen LogP contribution in [0.2, 0.25) is 0 Å². The Morgan fingerprint density at radius 2 is 1.84 bits per heavy atom. The van der Waals surface area contributed by atoms with Gasteiger partial charge in [-0.3, -0.25) is 14.3 Å². The number of hydrogen-bond donors (Lipinski definition) is 1. The van der Waals surface area contributed by atoms with Crippen molar-refractivity contribution in [2.45, 2.75) is 26.3 Å². The Labute approximate surface area is 162 Å². The summed E-state index contributed by atoms with van der Waals surface area (Å²) in [4.78, 5) is 14.5. The molecule has 1 fully saturated rings. The molecule has 0 aliphatic carbocycles. The molecule has 6 heteroatoms. The fraction of sp³-hybridized carbons (Fsp3) is 0.421. The number of nitrogens with one attached hydrogen (secondary N) is 1. The van der Waals surface area contributed by atoms with Crippen LogP contribution in [0.4, 0.5) is 0 Å². The number of nitrogens with zero attached hydrogens (tertiary/aromatic N) is 2. The van der Waals surface area contributed by atoms with Crippen molar-refractivity contribution >= 4 is 41.6 Å². The standard InChI is InChI=1S/C19H25N3O.2ClH/c1-14(2)12-19(21-10-8-20-9-11-21)17-13-22(15(3)23)18-7-5-4-6-16(17)18;;/h4-7,13,19-20H,1,8-12H2,2-3H3;2*1H/t19-;;/m0../s1. The first-order chi connectivity index (χ1) is 11.1. The maximum atomic E-state index is 12.0. The van der Waals surface area contributed by atoms with Crippen LogP contribution in [0.25, 0.3) is 10.9 Å². The predicted molar refractivity (Wildman–Crippen MR) is 109 cm³/mol. The van der Waals surface area contributed by atoms with E-state index in [1.54, 1.807) is 11.5 Å². The van der Waals surface area contributed by atoms with Crippen LogP contribution in [-0.4, -0.2) is 41.6 Å². The summed E-state index contributed by atoms with van der Waals surface area (Å²) in [6.45, 7) is 11.9. The molecule has 0 unspecified atom stereocenters. The second-order valence-corrected chi connectivity index (χ2v) is 6.45. The summed E-state index contributed by atoms with van der Waals surface area (Å²) < 4.78 is 1.78. The first kappa shape index (κ1) is 21.7. The molecule has 0 saturated carbocycles. The van der Waals surface area contributed by atoms with Crippen molar-refractivity contribution in [1.82, 2.24) is 14.8 Å². The number of fused-ring (bicyclic) bond motifs is 1. The van der Waals surface area contributed by atoms with Crippen LogP contribution >= 0.6 is 24.8 Å². The monoisotopic (exact) mass is 383 g/mol. The van der Waals surface area contributed by atoms with Crippen LogP contribution in [0.5, 0.6) is 0 Å². The highest BCUT2D eigenvalue weighted by Gasteiger charge is 2.25. The lowest BCUT2D eigenvalue weighted by atomic mass is 9.97. The number of hydrogen-bond acceptors (Lipinski definition) is 3. The molecule has 1 aliphatic rings. The SMILES string of the molecule is C=C(C)C[C@@H](c1cn(C(C)=O)c2ccccc12)N1CCNCC1.Cl.Cl. The Hall–Kier alpha value is -1.33. The van der Waals surface area contributed by atoms with E-state index >= 15 is 0 Å². The van der Waals surface area contributed by atoms with E-state index in [0.29, 0.717) is 0 Å². The highest BCUT2D eigenvalue weighted by Crippen LogP contribution is 2.34. The summed E-state index contributed by atoms with van der Waals surface area (Å²) in [7, 11) is 0. The third-order valence-corrected chi connectivity index (χ3v) is 4.58. The first-order valence-corrected chi connectivity index (χ1v) is 8.28. The minimum absolute atomic E-state index is 0. The molecular formula is C19H27Cl2N3O. The van der Waals surface area contributed by atoms with Crippen LogP contribution in [0.15, 0.2) is 42.6 Å². The summed E-state index contributed by atoms with van der Waals surface area (Å²) in [5.41, 5.74) is 3.41. The van der Waals surface area contributed by atoms with Gasteiger partial charge in [0.05, 0.1) is 5.52 Å². The second kappa shape index (κ2) is 9.39. The number of carbonyl (C=O) groups is 1. The van der Waals surface area contributed by atoms with Gasteiger partial charge in [-0.1, -0.05) is 23.8 Å². The van der Waals surface area contributed by atoms with E-state index in [1.807, 2.05) is 24.4 Å². The number of rotatable bonds is 4. The largest absolute Gasteiger partial charge is 0.314 e. The third-order valence-electron chi connectivity index (χ3n) is 4.58. The van der Waals surface area contributed by atoms with E-state index in [-0.39, 0.29) is 36.8 Å². The average Bonchev–Trinajstić information content (AvgIpc) is 2.93. The molecule has 1 aliphatic heterocycles. The molecule has 0 amide bonds. The molecule has 1 aromatic heterocycles. The lowest BCUT2D eigenvalue weighted by Gasteiger charge is -2.35. The molecule has 2 heterocycles. The quantitative estimate of drug-likeness (QED) is 0.808. The molecular weight excluding hydrogens is 357 g/mol. The van der Waals surface area contributed by atoms with Gasteiger partial charge in [-0.05, 0) is 25.0 Å². The number of carbonyl (C=O) groups excluding carboxylic acids is 1. The molecule has 2 aromatic rings. The topological polar surface area (TPSA) is 37.3 Å². The smallest absolute Gasteiger partial charge is 0.227 e. The number of benzene rings is 1. The zero-order valence-corrected chi connectivity index (χ0v) is 16.5. The van der Waals surface area contributed by atoms with E-state index in [9.17, 15) is 4.79 Å². The highest BCUT2D eigenvalue weighted by molar-refractivity contribution is 5.93. The van der Waals surface area contributed by atoms with Gasteiger partial charge in [0, 0.05) is 50.7 Å². The molecule has 3 rings (SSSR count). The van der Waals surface area contributed by atoms with Gasteiger partial charge in [-0.25, -0.2) is 0 Å². The maximum Gasteiger partial charge on any atom is 0.227 e. The molecule has 0 bridgehead atoms. The molecule has 25 heavy (non-hydrogen) atoms. The number of piperazine rings is 1. The summed E-state index contributed by atoms with van der Waals surface area (Å²) >= 11 is 0. The molecule has 1 atom stereocenters. The van der Waals surface area contributed by atoms with Gasteiger partial charge in [-0.15, -0.1) is 31.4 Å². The Morgan fingerprint density at radius 1 is 1.20 bits per heavy atom. The zero-order chi connectivity index (χ0) is 16.4. The van der Waals surface area contributed by atoms with Crippen LogP contribution in [0.3, 0.4) is 0 Å². The van der Waals surface area contributed by atoms with Crippen LogP contribution in [0, 0.1) is 0 Å². The maximum absolute atomic E-state index is 12.0. The molecule has 0 spiro atoms. The van der Waals surface area contributed by atoms with Crippen molar-refractivity contribution in [3.05, 3.63) is 48.2 Å². The van der Waals surface area contributed by atoms with Gasteiger partial charge in [0.1, 0.15) is 0 Å². The van der Waals surface area contributed by atoms with Gasteiger partial charge in [0.2, 0.25) is 5.91 Å². The van der Waals surface area contributed by atoms with Crippen LogP contribution < -0.4 is 5.32 Å². The van der Waals surface area contributed by atoms with Gasteiger partial charge < -0.3 is 5.32 Å². The molecule has 1 saturated heterocycles. The highest BCUT2D eigenvalue weighted by atomic mass is 35.5. The van der Waals surface area contributed by atoms with Crippen LogP contribution in [0.1, 0.15) is 36.7 Å². The zero-order valence-electron chi connectivity index (χ0n) is 14.8. The number of aromatic nitrogens is 1. The molecule has 1 N–H and O–H groups in total. The van der Waals surface area contributed by atoms with Crippen molar-refractivity contribution < 1.29 is 4.79 Å². The van der Waals surface area contributed by atoms with E-state index in [2.05, 4.69) is 29.8 Å². The van der Waals surface area contributed by atoms with Crippen molar-refractivity contribution in [1.29, 1.82) is 0 Å². The van der Waals surface area contributed by atoms with Crippen molar-refractivity contribution in [2.24, 2.45) is 0 Å². The fourth-order valence-corrected chi connectivity index (χ4v) is 3.49. The fourth-order valence-electron chi connectivity index (χ4n) is 3.49. The van der Waals surface area contributed by atoms with E-state index in [4.69, 9.17) is 0 Å². The Kier molecular flexibility index (Phi) is 8.16. The van der Waals surface area contributed by atoms with Gasteiger partial charge in [0.15, 0.2) is 0 Å². The number of para-hydroxylation sites is 1. The molecule has 138 valence electrons. The lowest BCUT2D eigenvalue weighted by Crippen LogP contribution is -2.45. The minimum Gasteiger partial charge on any atom is -0.314 e. The Balaban J connectivity index is 0.00000156. The Bertz CT molecular complexity index is 735. The van der Waals surface area contributed by atoms with Crippen molar-refractivity contribution in [3.8, 4) is 0 Å². The van der Waals surface area contributed by atoms with Crippen molar-refractivity contribution in [2.75, 3.05) is 26.2 Å². The van der Waals surface area contributed by atoms with Gasteiger partial charge >= 0.3 is 0 Å². The van der Waals surface area contributed by atoms with Gasteiger partial charge in [-0.2, -0.15) is 0 Å². The minimum atomic E-state index is 0.